The standard InChI is InChI=1S/C14H24N2O/c1-11(12-7-3-2-4-8-12)16-13(17)14(15)9-5-6-10-14/h7,11H,2-6,8-10,15H2,1H3,(H,16,17)/t11-/m1/s1. The van der Waals surface area contributed by atoms with Gasteiger partial charge in [-0.1, -0.05) is 24.5 Å². The largest absolute Gasteiger partial charge is 0.348 e. The van der Waals surface area contributed by atoms with Crippen LogP contribution in [0, 0.1) is 0 Å². The van der Waals surface area contributed by atoms with Gasteiger partial charge in [-0.2, -0.15) is 0 Å². The van der Waals surface area contributed by atoms with E-state index in [1.54, 1.807) is 0 Å². The van der Waals surface area contributed by atoms with Crippen LogP contribution in [0.2, 0.25) is 0 Å². The third-order valence-electron chi connectivity index (χ3n) is 4.18. The van der Waals surface area contributed by atoms with Crippen LogP contribution in [0.3, 0.4) is 0 Å². The van der Waals surface area contributed by atoms with Crippen molar-refractivity contribution in [2.24, 2.45) is 5.73 Å². The van der Waals surface area contributed by atoms with E-state index in [1.807, 2.05) is 0 Å². The molecular weight excluding hydrogens is 212 g/mol. The molecule has 3 heteroatoms. The Bertz CT molecular complexity index is 316. The number of hydrogen-bond acceptors (Lipinski definition) is 2. The first-order valence-electron chi connectivity index (χ1n) is 6.91. The highest BCUT2D eigenvalue weighted by molar-refractivity contribution is 5.86. The first-order valence-corrected chi connectivity index (χ1v) is 6.91. The predicted molar refractivity (Wildman–Crippen MR) is 69.5 cm³/mol. The van der Waals surface area contributed by atoms with Gasteiger partial charge in [-0.15, -0.1) is 0 Å². The predicted octanol–water partition coefficient (Wildman–Crippen LogP) is 2.26. The summed E-state index contributed by atoms with van der Waals surface area (Å²) in [7, 11) is 0. The molecule has 0 bridgehead atoms. The van der Waals surface area contributed by atoms with Crippen LogP contribution >= 0.6 is 0 Å². The van der Waals surface area contributed by atoms with E-state index < -0.39 is 5.54 Å². The Hall–Kier alpha value is -0.830. The number of rotatable bonds is 3. The Morgan fingerprint density at radius 1 is 1.35 bits per heavy atom. The summed E-state index contributed by atoms with van der Waals surface area (Å²) in [5.41, 5.74) is 6.94. The van der Waals surface area contributed by atoms with Gasteiger partial charge in [-0.3, -0.25) is 4.79 Å². The second-order valence-electron chi connectivity index (χ2n) is 5.58. The zero-order valence-electron chi connectivity index (χ0n) is 10.8. The molecule has 0 aromatic heterocycles. The van der Waals surface area contributed by atoms with Gasteiger partial charge in [-0.05, 0) is 45.4 Å². The lowest BCUT2D eigenvalue weighted by molar-refractivity contribution is -0.126. The monoisotopic (exact) mass is 236 g/mol. The minimum absolute atomic E-state index is 0.0500. The normalized spacial score (nSPS) is 25.2. The van der Waals surface area contributed by atoms with Gasteiger partial charge < -0.3 is 11.1 Å². The maximum absolute atomic E-state index is 12.2. The van der Waals surface area contributed by atoms with Crippen LogP contribution in [0.4, 0.5) is 0 Å². The first kappa shape index (κ1) is 12.6. The summed E-state index contributed by atoms with van der Waals surface area (Å²) in [6.45, 7) is 2.08. The molecule has 0 unspecified atom stereocenters. The molecule has 3 nitrogen and oxygen atoms in total. The molecule has 0 saturated heterocycles. The summed E-state index contributed by atoms with van der Waals surface area (Å²) >= 11 is 0. The fourth-order valence-corrected chi connectivity index (χ4v) is 2.92. The van der Waals surface area contributed by atoms with E-state index in [0.29, 0.717) is 0 Å². The molecule has 0 aromatic rings. The van der Waals surface area contributed by atoms with Crippen LogP contribution in [0.25, 0.3) is 0 Å². The topological polar surface area (TPSA) is 55.1 Å². The molecule has 1 fully saturated rings. The summed E-state index contributed by atoms with van der Waals surface area (Å²) < 4.78 is 0. The van der Waals surface area contributed by atoms with Crippen LogP contribution in [0.1, 0.15) is 58.3 Å². The van der Waals surface area contributed by atoms with E-state index in [4.69, 9.17) is 5.73 Å². The Kier molecular flexibility index (Phi) is 3.87. The lowest BCUT2D eigenvalue weighted by Gasteiger charge is -2.27. The summed E-state index contributed by atoms with van der Waals surface area (Å²) in [6, 6.07) is 0.156. The van der Waals surface area contributed by atoms with E-state index >= 15 is 0 Å². The van der Waals surface area contributed by atoms with Crippen molar-refractivity contribution in [3.63, 3.8) is 0 Å². The SMILES string of the molecule is C[C@@H](NC(=O)C1(N)CCCC1)C1=CCCCC1. The Morgan fingerprint density at radius 2 is 2.06 bits per heavy atom. The third-order valence-corrected chi connectivity index (χ3v) is 4.18. The number of allylic oxidation sites excluding steroid dienone is 1. The van der Waals surface area contributed by atoms with Gasteiger partial charge >= 0.3 is 0 Å². The van der Waals surface area contributed by atoms with Crippen molar-refractivity contribution in [2.45, 2.75) is 69.9 Å². The van der Waals surface area contributed by atoms with Crippen LogP contribution in [-0.2, 0) is 4.79 Å². The molecule has 0 heterocycles. The summed E-state index contributed by atoms with van der Waals surface area (Å²) in [5.74, 6) is 0.0500. The molecule has 0 radical (unpaired) electrons. The number of carbonyl (C=O) groups is 1. The van der Waals surface area contributed by atoms with Gasteiger partial charge in [0.2, 0.25) is 5.91 Å². The highest BCUT2D eigenvalue weighted by atomic mass is 16.2. The van der Waals surface area contributed by atoms with Gasteiger partial charge in [0.1, 0.15) is 0 Å². The fourth-order valence-electron chi connectivity index (χ4n) is 2.92. The molecular formula is C14H24N2O. The van der Waals surface area contributed by atoms with Gasteiger partial charge in [0, 0.05) is 6.04 Å². The first-order chi connectivity index (χ1) is 8.12. The minimum atomic E-state index is -0.594. The third kappa shape index (κ3) is 2.89. The second kappa shape index (κ2) is 5.21. The molecule has 0 aromatic carbocycles. The average Bonchev–Trinajstić information content (AvgIpc) is 2.78. The van der Waals surface area contributed by atoms with Crippen LogP contribution in [-0.4, -0.2) is 17.5 Å². The maximum Gasteiger partial charge on any atom is 0.240 e. The highest BCUT2D eigenvalue weighted by Crippen LogP contribution is 2.28. The maximum atomic E-state index is 12.2. The molecule has 0 spiro atoms. The smallest absolute Gasteiger partial charge is 0.240 e. The molecule has 17 heavy (non-hydrogen) atoms. The Morgan fingerprint density at radius 3 is 2.65 bits per heavy atom. The van der Waals surface area contributed by atoms with E-state index in [9.17, 15) is 4.79 Å². The lowest BCUT2D eigenvalue weighted by Crippen LogP contribution is -2.54. The zero-order chi connectivity index (χ0) is 12.3. The van der Waals surface area contributed by atoms with E-state index in [0.717, 1.165) is 38.5 Å². The van der Waals surface area contributed by atoms with Gasteiger partial charge in [0.15, 0.2) is 0 Å². The summed E-state index contributed by atoms with van der Waals surface area (Å²) in [6.07, 6.45) is 10.9. The molecule has 1 amide bonds. The van der Waals surface area contributed by atoms with Crippen molar-refractivity contribution in [3.8, 4) is 0 Å². The molecule has 2 aliphatic rings. The zero-order valence-corrected chi connectivity index (χ0v) is 10.8. The molecule has 2 aliphatic carbocycles. The van der Waals surface area contributed by atoms with Crippen molar-refractivity contribution in [1.82, 2.24) is 5.32 Å². The average molecular weight is 236 g/mol. The van der Waals surface area contributed by atoms with Crippen molar-refractivity contribution in [3.05, 3.63) is 11.6 Å². The molecule has 96 valence electrons. The lowest BCUT2D eigenvalue weighted by atomic mass is 9.93. The van der Waals surface area contributed by atoms with Gasteiger partial charge in [0.25, 0.3) is 0 Å². The van der Waals surface area contributed by atoms with Crippen LogP contribution in [0.5, 0.6) is 0 Å². The number of hydrogen-bond donors (Lipinski definition) is 2. The quantitative estimate of drug-likeness (QED) is 0.738. The van der Waals surface area contributed by atoms with Crippen molar-refractivity contribution in [1.29, 1.82) is 0 Å². The highest BCUT2D eigenvalue weighted by Gasteiger charge is 2.37. The molecule has 0 aliphatic heterocycles. The Labute approximate surface area is 104 Å². The fraction of sp³-hybridized carbons (Fsp3) is 0.786. The van der Waals surface area contributed by atoms with Crippen molar-refractivity contribution < 1.29 is 4.79 Å². The van der Waals surface area contributed by atoms with Crippen molar-refractivity contribution >= 4 is 5.91 Å². The molecule has 1 saturated carbocycles. The number of nitrogens with one attached hydrogen (secondary N) is 1. The van der Waals surface area contributed by atoms with Crippen LogP contribution < -0.4 is 11.1 Å². The van der Waals surface area contributed by atoms with E-state index in [1.165, 1.54) is 18.4 Å². The van der Waals surface area contributed by atoms with E-state index in [-0.39, 0.29) is 11.9 Å². The second-order valence-corrected chi connectivity index (χ2v) is 5.58. The number of carbonyl (C=O) groups excluding carboxylic acids is 1. The molecule has 3 N–H and O–H groups in total. The molecule has 2 rings (SSSR count). The Balaban J connectivity index is 1.91. The van der Waals surface area contributed by atoms with Gasteiger partial charge in [0.05, 0.1) is 5.54 Å². The number of amides is 1. The summed E-state index contributed by atoms with van der Waals surface area (Å²) in [5, 5.41) is 3.10. The van der Waals surface area contributed by atoms with Crippen LogP contribution in [0.15, 0.2) is 11.6 Å². The summed E-state index contributed by atoms with van der Waals surface area (Å²) in [4.78, 5) is 12.2. The van der Waals surface area contributed by atoms with E-state index in [2.05, 4.69) is 18.3 Å². The number of nitrogens with two attached hydrogens (primary N) is 1. The van der Waals surface area contributed by atoms with Gasteiger partial charge in [-0.25, -0.2) is 0 Å². The minimum Gasteiger partial charge on any atom is -0.348 e. The van der Waals surface area contributed by atoms with Crippen molar-refractivity contribution in [2.75, 3.05) is 0 Å². The molecule has 1 atom stereocenters.